The van der Waals surface area contributed by atoms with Crippen molar-refractivity contribution in [3.63, 3.8) is 0 Å². The molecule has 0 radical (unpaired) electrons. The van der Waals surface area contributed by atoms with E-state index >= 15 is 0 Å². The Bertz CT molecular complexity index is 710. The number of aromatic nitrogens is 2. The number of nitrogens with zero attached hydrogens (tertiary/aromatic N) is 4. The van der Waals surface area contributed by atoms with Gasteiger partial charge in [0.2, 0.25) is 0 Å². The van der Waals surface area contributed by atoms with Crippen LogP contribution in [0.5, 0.6) is 0 Å². The van der Waals surface area contributed by atoms with Gasteiger partial charge in [0.05, 0.1) is 6.20 Å². The first kappa shape index (κ1) is 14.0. The maximum absolute atomic E-state index is 12.7. The first-order valence-corrected chi connectivity index (χ1v) is 7.98. The average Bonchev–Trinajstić information content (AvgIpc) is 3.10. The summed E-state index contributed by atoms with van der Waals surface area (Å²) in [7, 11) is 0. The van der Waals surface area contributed by atoms with E-state index in [1.54, 1.807) is 18.6 Å². The molecule has 1 fully saturated rings. The quantitative estimate of drug-likeness (QED) is 0.909. The fourth-order valence-corrected chi connectivity index (χ4v) is 3.21. The van der Waals surface area contributed by atoms with Gasteiger partial charge >= 0.3 is 0 Å². The van der Waals surface area contributed by atoms with Gasteiger partial charge in [0.15, 0.2) is 0 Å². The van der Waals surface area contributed by atoms with E-state index in [9.17, 15) is 4.79 Å². The molecule has 0 saturated carbocycles. The molecule has 0 bridgehead atoms. The van der Waals surface area contributed by atoms with Gasteiger partial charge in [-0.15, -0.1) is 0 Å². The summed E-state index contributed by atoms with van der Waals surface area (Å²) in [5.41, 5.74) is 3.20. The predicted octanol–water partition coefficient (Wildman–Crippen LogP) is 1.41. The molecule has 4 rings (SSSR count). The summed E-state index contributed by atoms with van der Waals surface area (Å²) in [6, 6.07) is 5.98. The lowest BCUT2D eigenvalue weighted by atomic mass is 10.1. The Labute approximate surface area is 135 Å². The number of rotatable bonds is 2. The van der Waals surface area contributed by atoms with Crippen LogP contribution in [0.1, 0.15) is 15.9 Å². The minimum absolute atomic E-state index is 0.124. The number of carbonyl (C=O) groups excluding carboxylic acids is 1. The Balaban J connectivity index is 1.43. The van der Waals surface area contributed by atoms with Gasteiger partial charge in [-0.3, -0.25) is 9.78 Å². The summed E-state index contributed by atoms with van der Waals surface area (Å²) in [4.78, 5) is 25.2. The van der Waals surface area contributed by atoms with E-state index in [1.165, 1.54) is 5.56 Å². The number of anilines is 2. The molecule has 0 spiro atoms. The topological polar surface area (TPSA) is 61.4 Å². The highest BCUT2D eigenvalue weighted by Crippen LogP contribution is 2.24. The molecule has 6 heteroatoms. The molecule has 3 heterocycles. The van der Waals surface area contributed by atoms with Crippen molar-refractivity contribution < 1.29 is 4.79 Å². The molecule has 1 aromatic carbocycles. The van der Waals surface area contributed by atoms with Gasteiger partial charge in [0.1, 0.15) is 5.82 Å². The Morgan fingerprint density at radius 3 is 2.78 bits per heavy atom. The average molecular weight is 309 g/mol. The third kappa shape index (κ3) is 2.72. The molecule has 1 aromatic heterocycles. The van der Waals surface area contributed by atoms with Gasteiger partial charge in [0.25, 0.3) is 5.91 Å². The zero-order valence-electron chi connectivity index (χ0n) is 12.9. The smallest absolute Gasteiger partial charge is 0.253 e. The van der Waals surface area contributed by atoms with Crippen LogP contribution in [0.3, 0.4) is 0 Å². The maximum Gasteiger partial charge on any atom is 0.253 e. The molecular formula is C17H19N5O. The Hall–Kier alpha value is -2.63. The van der Waals surface area contributed by atoms with Crippen molar-refractivity contribution in [2.24, 2.45) is 0 Å². The van der Waals surface area contributed by atoms with E-state index in [-0.39, 0.29) is 5.91 Å². The van der Waals surface area contributed by atoms with Crippen LogP contribution in [0.4, 0.5) is 11.5 Å². The number of nitrogens with one attached hydrogen (secondary N) is 1. The number of amides is 1. The molecular weight excluding hydrogens is 290 g/mol. The van der Waals surface area contributed by atoms with Crippen LogP contribution in [0.2, 0.25) is 0 Å². The van der Waals surface area contributed by atoms with Gasteiger partial charge in [-0.25, -0.2) is 4.98 Å². The highest BCUT2D eigenvalue weighted by atomic mass is 16.2. The van der Waals surface area contributed by atoms with Crippen molar-refractivity contribution in [1.29, 1.82) is 0 Å². The first-order valence-electron chi connectivity index (χ1n) is 7.98. The molecule has 118 valence electrons. The van der Waals surface area contributed by atoms with E-state index in [2.05, 4.69) is 20.2 Å². The number of hydrogen-bond acceptors (Lipinski definition) is 5. The molecule has 1 saturated heterocycles. The number of benzene rings is 1. The number of fused-ring (bicyclic) bond motifs is 1. The van der Waals surface area contributed by atoms with Gasteiger partial charge in [-0.2, -0.15) is 0 Å². The summed E-state index contributed by atoms with van der Waals surface area (Å²) in [5.74, 6) is 1.00. The van der Waals surface area contributed by atoms with Crippen molar-refractivity contribution in [3.05, 3.63) is 47.9 Å². The monoisotopic (exact) mass is 309 g/mol. The lowest BCUT2D eigenvalue weighted by Gasteiger charge is -2.35. The summed E-state index contributed by atoms with van der Waals surface area (Å²) < 4.78 is 0. The van der Waals surface area contributed by atoms with Gasteiger partial charge < -0.3 is 15.1 Å². The van der Waals surface area contributed by atoms with E-state index in [1.807, 2.05) is 23.1 Å². The van der Waals surface area contributed by atoms with Crippen LogP contribution in [0, 0.1) is 0 Å². The maximum atomic E-state index is 12.7. The largest absolute Gasteiger partial charge is 0.384 e. The van der Waals surface area contributed by atoms with Crippen LogP contribution in [-0.2, 0) is 6.42 Å². The van der Waals surface area contributed by atoms with Crippen LogP contribution >= 0.6 is 0 Å². The van der Waals surface area contributed by atoms with E-state index in [0.29, 0.717) is 13.1 Å². The zero-order chi connectivity index (χ0) is 15.6. The molecule has 0 aliphatic carbocycles. The molecule has 2 aliphatic rings. The molecule has 0 unspecified atom stereocenters. The Morgan fingerprint density at radius 2 is 2.00 bits per heavy atom. The number of carbonyl (C=O) groups is 1. The summed E-state index contributed by atoms with van der Waals surface area (Å²) >= 11 is 0. The summed E-state index contributed by atoms with van der Waals surface area (Å²) in [6.45, 7) is 3.97. The minimum Gasteiger partial charge on any atom is -0.384 e. The van der Waals surface area contributed by atoms with E-state index in [4.69, 9.17) is 0 Å². The highest BCUT2D eigenvalue weighted by Gasteiger charge is 2.23. The van der Waals surface area contributed by atoms with Crippen molar-refractivity contribution in [3.8, 4) is 0 Å². The predicted molar refractivity (Wildman–Crippen MR) is 88.8 cm³/mol. The van der Waals surface area contributed by atoms with E-state index < -0.39 is 0 Å². The van der Waals surface area contributed by atoms with Gasteiger partial charge in [-0.05, 0) is 30.2 Å². The van der Waals surface area contributed by atoms with Crippen LogP contribution in [0.25, 0.3) is 0 Å². The molecule has 2 aliphatic heterocycles. The molecule has 0 atom stereocenters. The highest BCUT2D eigenvalue weighted by molar-refractivity contribution is 5.95. The standard InChI is InChI=1S/C17H19N5O/c23-17(14-1-2-15-13(11-14)3-4-19-15)22-9-7-21(8-10-22)16-12-18-5-6-20-16/h1-2,5-6,11-12,19H,3-4,7-10H2. The van der Waals surface area contributed by atoms with Crippen molar-refractivity contribution in [1.82, 2.24) is 14.9 Å². The van der Waals surface area contributed by atoms with Gasteiger partial charge in [-0.1, -0.05) is 0 Å². The second-order valence-electron chi connectivity index (χ2n) is 5.89. The van der Waals surface area contributed by atoms with Crippen LogP contribution in [-0.4, -0.2) is 53.5 Å². The lowest BCUT2D eigenvalue weighted by Crippen LogP contribution is -2.49. The Morgan fingerprint density at radius 1 is 1.13 bits per heavy atom. The lowest BCUT2D eigenvalue weighted by molar-refractivity contribution is 0.0746. The van der Waals surface area contributed by atoms with Crippen molar-refractivity contribution >= 4 is 17.4 Å². The van der Waals surface area contributed by atoms with Crippen LogP contribution < -0.4 is 10.2 Å². The Kier molecular flexibility index (Phi) is 3.57. The fraction of sp³-hybridized carbons (Fsp3) is 0.353. The minimum atomic E-state index is 0.124. The van der Waals surface area contributed by atoms with Gasteiger partial charge in [0, 0.05) is 56.4 Å². The number of hydrogen-bond donors (Lipinski definition) is 1. The number of piperazine rings is 1. The van der Waals surface area contributed by atoms with E-state index in [0.717, 1.165) is 43.1 Å². The fourth-order valence-electron chi connectivity index (χ4n) is 3.21. The summed E-state index contributed by atoms with van der Waals surface area (Å²) in [5, 5.41) is 3.33. The third-order valence-corrected chi connectivity index (χ3v) is 4.50. The normalized spacial score (nSPS) is 16.9. The SMILES string of the molecule is O=C(c1ccc2c(c1)CCN2)N1CCN(c2cnccn2)CC1. The molecule has 2 aromatic rings. The summed E-state index contributed by atoms with van der Waals surface area (Å²) in [6.07, 6.45) is 6.14. The second kappa shape index (κ2) is 5.87. The molecule has 1 amide bonds. The second-order valence-corrected chi connectivity index (χ2v) is 5.89. The third-order valence-electron chi connectivity index (χ3n) is 4.50. The molecule has 1 N–H and O–H groups in total. The first-order chi connectivity index (χ1) is 11.3. The van der Waals surface area contributed by atoms with Crippen molar-refractivity contribution in [2.75, 3.05) is 42.9 Å². The van der Waals surface area contributed by atoms with Crippen LogP contribution in [0.15, 0.2) is 36.8 Å². The zero-order valence-corrected chi connectivity index (χ0v) is 12.9. The molecule has 6 nitrogen and oxygen atoms in total. The van der Waals surface area contributed by atoms with Crippen molar-refractivity contribution in [2.45, 2.75) is 6.42 Å². The molecule has 23 heavy (non-hydrogen) atoms.